The van der Waals surface area contributed by atoms with E-state index in [1.807, 2.05) is 0 Å². The summed E-state index contributed by atoms with van der Waals surface area (Å²) in [4.78, 5) is 10.8. The molecule has 4 N–H and O–H groups in total. The van der Waals surface area contributed by atoms with Crippen molar-refractivity contribution in [1.82, 2.24) is 0 Å². The number of aliphatic carboxylic acids is 1. The largest absolute Gasteiger partial charge is 0.481 e. The number of unbranched alkanes of at least 4 members (excludes halogenated alkanes) is 2. The first-order chi connectivity index (χ1) is 13.4. The molecule has 0 aromatic carbocycles. The standard InChI is InChI=1S/C22H40O5S/c1-3-5-6-10-17(23)15-28-22-18(19(24)14-20(22)25)11-7-9-16(8-4-2)12-13-21(26)27/h7,9,16-20,22-25H,3-6,8,10-15H2,1-2H3,(H,26,27). The number of allylic oxidation sites excluding steroid dienone is 2. The SMILES string of the molecule is CCCCCC(O)CSC1C(O)CC(O)C1CC=CC(CCC)CCC(=O)O. The van der Waals surface area contributed by atoms with Crippen molar-refractivity contribution in [2.75, 3.05) is 5.75 Å². The number of carboxylic acid groups (broad SMARTS) is 1. The molecule has 0 aliphatic heterocycles. The average Bonchev–Trinajstić information content (AvgIpc) is 2.91. The highest BCUT2D eigenvalue weighted by atomic mass is 32.2. The Balaban J connectivity index is 2.53. The van der Waals surface area contributed by atoms with Crippen LogP contribution < -0.4 is 0 Å². The molecule has 1 rings (SSSR count). The number of aliphatic hydroxyl groups is 3. The minimum atomic E-state index is -0.766. The second-order valence-corrected chi connectivity index (χ2v) is 9.34. The van der Waals surface area contributed by atoms with E-state index >= 15 is 0 Å². The quantitative estimate of drug-likeness (QED) is 0.238. The van der Waals surface area contributed by atoms with Crippen molar-refractivity contribution < 1.29 is 25.2 Å². The molecule has 1 aliphatic rings. The van der Waals surface area contributed by atoms with E-state index in [1.165, 1.54) is 0 Å². The smallest absolute Gasteiger partial charge is 0.303 e. The van der Waals surface area contributed by atoms with Crippen LogP contribution in [-0.4, -0.2) is 55.7 Å². The highest BCUT2D eigenvalue weighted by molar-refractivity contribution is 8.00. The predicted molar refractivity (Wildman–Crippen MR) is 116 cm³/mol. The normalized spacial score (nSPS) is 27.3. The third-order valence-corrected chi connectivity index (χ3v) is 7.23. The van der Waals surface area contributed by atoms with Crippen LogP contribution in [0.15, 0.2) is 12.2 Å². The van der Waals surface area contributed by atoms with E-state index in [0.717, 1.165) is 38.5 Å². The van der Waals surface area contributed by atoms with E-state index in [0.29, 0.717) is 25.0 Å². The molecule has 0 aromatic heterocycles. The van der Waals surface area contributed by atoms with Gasteiger partial charge in [0.15, 0.2) is 0 Å². The number of carbonyl (C=O) groups is 1. The van der Waals surface area contributed by atoms with Gasteiger partial charge < -0.3 is 20.4 Å². The summed E-state index contributed by atoms with van der Waals surface area (Å²) in [6, 6.07) is 0. The lowest BCUT2D eigenvalue weighted by atomic mass is 9.95. The van der Waals surface area contributed by atoms with Gasteiger partial charge in [0.25, 0.3) is 0 Å². The molecule has 1 fully saturated rings. The van der Waals surface area contributed by atoms with Crippen molar-refractivity contribution in [3.05, 3.63) is 12.2 Å². The fraction of sp³-hybridized carbons (Fsp3) is 0.864. The summed E-state index contributed by atoms with van der Waals surface area (Å²) >= 11 is 1.58. The van der Waals surface area contributed by atoms with Crippen LogP contribution in [0, 0.1) is 11.8 Å². The number of rotatable bonds is 15. The summed E-state index contributed by atoms with van der Waals surface area (Å²) < 4.78 is 0. The number of aliphatic hydroxyl groups excluding tert-OH is 3. The summed E-state index contributed by atoms with van der Waals surface area (Å²) in [7, 11) is 0. The summed E-state index contributed by atoms with van der Waals surface area (Å²) in [6.07, 6.45) is 10.6. The molecule has 6 atom stereocenters. The Bertz CT molecular complexity index is 456. The predicted octanol–water partition coefficient (Wildman–Crippen LogP) is 4.00. The molecule has 6 heteroatoms. The zero-order chi connectivity index (χ0) is 20.9. The molecule has 1 saturated carbocycles. The summed E-state index contributed by atoms with van der Waals surface area (Å²) in [5.41, 5.74) is 0. The summed E-state index contributed by atoms with van der Waals surface area (Å²) in [5, 5.41) is 39.7. The average molecular weight is 417 g/mol. The van der Waals surface area contributed by atoms with Crippen LogP contribution in [0.25, 0.3) is 0 Å². The van der Waals surface area contributed by atoms with E-state index < -0.39 is 18.2 Å². The van der Waals surface area contributed by atoms with Gasteiger partial charge in [-0.1, -0.05) is 51.7 Å². The third-order valence-electron chi connectivity index (χ3n) is 5.61. The van der Waals surface area contributed by atoms with E-state index in [9.17, 15) is 20.1 Å². The zero-order valence-corrected chi connectivity index (χ0v) is 18.3. The molecule has 0 radical (unpaired) electrons. The lowest BCUT2D eigenvalue weighted by Crippen LogP contribution is -2.26. The molecule has 5 nitrogen and oxygen atoms in total. The van der Waals surface area contributed by atoms with Crippen molar-refractivity contribution in [3.8, 4) is 0 Å². The second kappa shape index (κ2) is 14.4. The van der Waals surface area contributed by atoms with E-state index in [2.05, 4.69) is 26.0 Å². The van der Waals surface area contributed by atoms with Gasteiger partial charge in [0.05, 0.1) is 18.3 Å². The molecule has 0 spiro atoms. The van der Waals surface area contributed by atoms with Crippen LogP contribution in [0.2, 0.25) is 0 Å². The molecular weight excluding hydrogens is 376 g/mol. The van der Waals surface area contributed by atoms with Crippen LogP contribution >= 0.6 is 11.8 Å². The third kappa shape index (κ3) is 9.77. The Kier molecular flexibility index (Phi) is 13.1. The molecule has 1 aliphatic carbocycles. The Morgan fingerprint density at radius 2 is 1.86 bits per heavy atom. The van der Waals surface area contributed by atoms with E-state index in [-0.39, 0.29) is 29.6 Å². The summed E-state index contributed by atoms with van der Waals surface area (Å²) in [5.74, 6) is 0.0461. The Labute approximate surface area is 174 Å². The molecule has 0 aromatic rings. The van der Waals surface area contributed by atoms with E-state index in [4.69, 9.17) is 5.11 Å². The summed E-state index contributed by atoms with van der Waals surface area (Å²) in [6.45, 7) is 4.24. The molecule has 164 valence electrons. The van der Waals surface area contributed by atoms with Crippen LogP contribution in [0.1, 0.15) is 78.1 Å². The molecule has 0 heterocycles. The minimum absolute atomic E-state index is 0.0270. The van der Waals surface area contributed by atoms with Crippen molar-refractivity contribution >= 4 is 17.7 Å². The lowest BCUT2D eigenvalue weighted by molar-refractivity contribution is -0.137. The fourth-order valence-corrected chi connectivity index (χ4v) is 5.45. The van der Waals surface area contributed by atoms with Gasteiger partial charge in [-0.3, -0.25) is 4.79 Å². The van der Waals surface area contributed by atoms with Crippen molar-refractivity contribution in [2.24, 2.45) is 11.8 Å². The van der Waals surface area contributed by atoms with E-state index in [1.54, 1.807) is 11.8 Å². The van der Waals surface area contributed by atoms with Gasteiger partial charge in [0.2, 0.25) is 0 Å². The number of hydrogen-bond donors (Lipinski definition) is 4. The molecule has 0 amide bonds. The Morgan fingerprint density at radius 1 is 1.11 bits per heavy atom. The molecule has 0 saturated heterocycles. The molecule has 28 heavy (non-hydrogen) atoms. The topological polar surface area (TPSA) is 98.0 Å². The van der Waals surface area contributed by atoms with Crippen molar-refractivity contribution in [2.45, 2.75) is 102 Å². The highest BCUT2D eigenvalue weighted by Crippen LogP contribution is 2.38. The van der Waals surface area contributed by atoms with Crippen LogP contribution in [-0.2, 0) is 4.79 Å². The molecule has 0 bridgehead atoms. The Hall–Kier alpha value is -0.560. The Morgan fingerprint density at radius 3 is 2.50 bits per heavy atom. The van der Waals surface area contributed by atoms with Gasteiger partial charge in [0, 0.05) is 29.8 Å². The van der Waals surface area contributed by atoms with Gasteiger partial charge in [0.1, 0.15) is 0 Å². The fourth-order valence-electron chi connectivity index (χ4n) is 3.97. The number of carboxylic acids is 1. The maximum absolute atomic E-state index is 10.8. The van der Waals surface area contributed by atoms with Crippen LogP contribution in [0.3, 0.4) is 0 Å². The van der Waals surface area contributed by atoms with Gasteiger partial charge in [-0.15, -0.1) is 0 Å². The van der Waals surface area contributed by atoms with Gasteiger partial charge in [-0.25, -0.2) is 0 Å². The van der Waals surface area contributed by atoms with Crippen LogP contribution in [0.5, 0.6) is 0 Å². The molecular formula is C22H40O5S. The number of thioether (sulfide) groups is 1. The van der Waals surface area contributed by atoms with Gasteiger partial charge >= 0.3 is 5.97 Å². The highest BCUT2D eigenvalue weighted by Gasteiger charge is 2.41. The monoisotopic (exact) mass is 416 g/mol. The van der Waals surface area contributed by atoms with Crippen LogP contribution in [0.4, 0.5) is 0 Å². The van der Waals surface area contributed by atoms with Crippen molar-refractivity contribution in [1.29, 1.82) is 0 Å². The van der Waals surface area contributed by atoms with Gasteiger partial charge in [-0.05, 0) is 31.6 Å². The maximum atomic E-state index is 10.8. The first-order valence-electron chi connectivity index (χ1n) is 10.9. The first-order valence-corrected chi connectivity index (χ1v) is 12.0. The van der Waals surface area contributed by atoms with Crippen molar-refractivity contribution in [3.63, 3.8) is 0 Å². The number of hydrogen-bond acceptors (Lipinski definition) is 5. The molecule has 6 unspecified atom stereocenters. The lowest BCUT2D eigenvalue weighted by Gasteiger charge is -2.23. The maximum Gasteiger partial charge on any atom is 0.303 e. The zero-order valence-electron chi connectivity index (χ0n) is 17.5. The first kappa shape index (κ1) is 25.5. The minimum Gasteiger partial charge on any atom is -0.481 e. The van der Waals surface area contributed by atoms with Gasteiger partial charge in [-0.2, -0.15) is 11.8 Å². The second-order valence-electron chi connectivity index (χ2n) is 8.13.